The van der Waals surface area contributed by atoms with Crippen LogP contribution in [0, 0.1) is 0 Å². The maximum absolute atomic E-state index is 13.1. The molecule has 0 bridgehead atoms. The number of ether oxygens (including phenoxy) is 2. The van der Waals surface area contributed by atoms with Crippen molar-refractivity contribution >= 4 is 17.3 Å². The summed E-state index contributed by atoms with van der Waals surface area (Å²) < 4.78 is 12.6. The van der Waals surface area contributed by atoms with Gasteiger partial charge >= 0.3 is 5.97 Å². The van der Waals surface area contributed by atoms with Gasteiger partial charge < -0.3 is 19.3 Å². The molecule has 5 nitrogen and oxygen atoms in total. The Hall–Kier alpha value is -4.25. The van der Waals surface area contributed by atoms with Gasteiger partial charge in [0.05, 0.1) is 5.56 Å². The first-order valence-corrected chi connectivity index (χ1v) is 12.9. The molecule has 1 unspecified atom stereocenters. The lowest BCUT2D eigenvalue weighted by Crippen LogP contribution is -2.33. The molecule has 2 heterocycles. The number of hydrogen-bond donors (Lipinski definition) is 0. The molecule has 1 atom stereocenters. The molecule has 1 spiro atoms. The number of nitrogens with zero attached hydrogens (tertiary/aromatic N) is 2. The Morgan fingerprint density at radius 3 is 2.24 bits per heavy atom. The SMILES string of the molecule is CCN(CC)c1ccccc1CN(C)c1ccc2c(c1)C1(OC(=O)c3ccccc31)c1ccccc1O2. The van der Waals surface area contributed by atoms with Gasteiger partial charge in [0.15, 0.2) is 5.60 Å². The Kier molecular flexibility index (Phi) is 5.64. The van der Waals surface area contributed by atoms with Gasteiger partial charge in [0, 0.05) is 54.7 Å². The predicted octanol–water partition coefficient (Wildman–Crippen LogP) is 6.74. The lowest BCUT2D eigenvalue weighted by atomic mass is 9.77. The zero-order chi connectivity index (χ0) is 25.6. The van der Waals surface area contributed by atoms with Crippen molar-refractivity contribution in [2.75, 3.05) is 29.9 Å². The molecule has 0 aromatic heterocycles. The average Bonchev–Trinajstić information content (AvgIpc) is 3.23. The van der Waals surface area contributed by atoms with Crippen LogP contribution in [0.2, 0.25) is 0 Å². The van der Waals surface area contributed by atoms with Crippen molar-refractivity contribution in [3.63, 3.8) is 0 Å². The summed E-state index contributed by atoms with van der Waals surface area (Å²) in [6.07, 6.45) is 0. The minimum absolute atomic E-state index is 0.315. The second-order valence-corrected chi connectivity index (χ2v) is 9.55. The molecule has 186 valence electrons. The van der Waals surface area contributed by atoms with Crippen molar-refractivity contribution in [1.29, 1.82) is 0 Å². The molecule has 0 radical (unpaired) electrons. The summed E-state index contributed by atoms with van der Waals surface area (Å²) in [7, 11) is 2.10. The highest BCUT2D eigenvalue weighted by Gasteiger charge is 2.53. The Morgan fingerprint density at radius 1 is 0.757 bits per heavy atom. The first-order chi connectivity index (χ1) is 18.1. The van der Waals surface area contributed by atoms with Crippen molar-refractivity contribution in [1.82, 2.24) is 0 Å². The first kappa shape index (κ1) is 23.2. The van der Waals surface area contributed by atoms with Crippen molar-refractivity contribution in [2.45, 2.75) is 26.0 Å². The topological polar surface area (TPSA) is 42.0 Å². The van der Waals surface area contributed by atoms with Crippen LogP contribution in [0.1, 0.15) is 46.5 Å². The highest BCUT2D eigenvalue weighted by atomic mass is 16.6. The number of benzene rings is 4. The van der Waals surface area contributed by atoms with Gasteiger partial charge in [0.1, 0.15) is 11.5 Å². The van der Waals surface area contributed by atoms with E-state index in [2.05, 4.69) is 67.1 Å². The van der Waals surface area contributed by atoms with E-state index in [4.69, 9.17) is 9.47 Å². The van der Waals surface area contributed by atoms with E-state index < -0.39 is 5.60 Å². The minimum Gasteiger partial charge on any atom is -0.456 e. The normalized spacial score (nSPS) is 16.9. The van der Waals surface area contributed by atoms with Crippen LogP contribution in [0.4, 0.5) is 11.4 Å². The molecule has 4 aromatic rings. The number of carbonyl (C=O) groups is 1. The molecule has 0 saturated heterocycles. The molecule has 5 heteroatoms. The maximum atomic E-state index is 13.1. The summed E-state index contributed by atoms with van der Waals surface area (Å²) in [4.78, 5) is 17.7. The van der Waals surface area contributed by atoms with E-state index >= 15 is 0 Å². The van der Waals surface area contributed by atoms with Gasteiger partial charge in [-0.1, -0.05) is 54.6 Å². The molecular weight excluding hydrogens is 460 g/mol. The molecule has 2 aliphatic rings. The van der Waals surface area contributed by atoms with E-state index in [1.54, 1.807) is 0 Å². The summed E-state index contributed by atoms with van der Waals surface area (Å²) in [6, 6.07) is 30.2. The number of anilines is 2. The van der Waals surface area contributed by atoms with E-state index in [1.165, 1.54) is 11.3 Å². The number of rotatable bonds is 6. The van der Waals surface area contributed by atoms with Crippen molar-refractivity contribution < 1.29 is 14.3 Å². The second-order valence-electron chi connectivity index (χ2n) is 9.55. The molecular formula is C32H30N2O3. The van der Waals surface area contributed by atoms with Gasteiger partial charge in [-0.15, -0.1) is 0 Å². The fourth-order valence-corrected chi connectivity index (χ4v) is 5.71. The van der Waals surface area contributed by atoms with E-state index in [-0.39, 0.29) is 5.97 Å². The van der Waals surface area contributed by atoms with Crippen LogP contribution >= 0.6 is 0 Å². The van der Waals surface area contributed by atoms with Crippen molar-refractivity contribution in [3.05, 3.63) is 119 Å². The van der Waals surface area contributed by atoms with Gasteiger partial charge in [0.2, 0.25) is 0 Å². The first-order valence-electron chi connectivity index (χ1n) is 12.9. The highest BCUT2D eigenvalue weighted by Crippen LogP contribution is 2.56. The molecule has 0 N–H and O–H groups in total. The Morgan fingerprint density at radius 2 is 1.43 bits per heavy atom. The minimum atomic E-state index is -1.05. The monoisotopic (exact) mass is 490 g/mol. The number of fused-ring (bicyclic) bond motifs is 6. The largest absolute Gasteiger partial charge is 0.456 e. The lowest BCUT2D eigenvalue weighted by molar-refractivity contribution is 0.0224. The van der Waals surface area contributed by atoms with Crippen molar-refractivity contribution in [3.8, 4) is 11.5 Å². The third-order valence-corrected chi connectivity index (χ3v) is 7.54. The smallest absolute Gasteiger partial charge is 0.340 e. The van der Waals surface area contributed by atoms with E-state index in [0.717, 1.165) is 42.0 Å². The lowest BCUT2D eigenvalue weighted by Gasteiger charge is -2.37. The summed E-state index contributed by atoms with van der Waals surface area (Å²) in [5.41, 5.74) is 5.62. The summed E-state index contributed by atoms with van der Waals surface area (Å²) in [5.74, 6) is 1.09. The van der Waals surface area contributed by atoms with E-state index in [9.17, 15) is 4.79 Å². The van der Waals surface area contributed by atoms with Crippen LogP contribution in [0.25, 0.3) is 0 Å². The Bertz CT molecular complexity index is 1490. The zero-order valence-corrected chi connectivity index (χ0v) is 21.4. The number of carbonyl (C=O) groups excluding carboxylic acids is 1. The predicted molar refractivity (Wildman–Crippen MR) is 147 cm³/mol. The number of para-hydroxylation sites is 2. The van der Waals surface area contributed by atoms with Gasteiger partial charge in [-0.3, -0.25) is 0 Å². The van der Waals surface area contributed by atoms with Crippen molar-refractivity contribution in [2.24, 2.45) is 0 Å². The van der Waals surface area contributed by atoms with Crippen LogP contribution in [-0.4, -0.2) is 26.1 Å². The van der Waals surface area contributed by atoms with E-state index in [1.807, 2.05) is 54.6 Å². The quantitative estimate of drug-likeness (QED) is 0.280. The van der Waals surface area contributed by atoms with E-state index in [0.29, 0.717) is 17.1 Å². The third kappa shape index (κ3) is 3.57. The fourth-order valence-electron chi connectivity index (χ4n) is 5.71. The molecule has 0 fully saturated rings. The summed E-state index contributed by atoms with van der Waals surface area (Å²) in [5, 5.41) is 0. The third-order valence-electron chi connectivity index (χ3n) is 7.54. The maximum Gasteiger partial charge on any atom is 0.340 e. The number of esters is 1. The average molecular weight is 491 g/mol. The van der Waals surface area contributed by atoms with Gasteiger partial charge in [0.25, 0.3) is 0 Å². The van der Waals surface area contributed by atoms with Gasteiger partial charge in [-0.05, 0) is 55.8 Å². The summed E-state index contributed by atoms with van der Waals surface area (Å²) in [6.45, 7) is 7.03. The van der Waals surface area contributed by atoms with Crippen LogP contribution < -0.4 is 14.5 Å². The van der Waals surface area contributed by atoms with Gasteiger partial charge in [-0.2, -0.15) is 0 Å². The fraction of sp³-hybridized carbons (Fsp3) is 0.219. The Labute approximate surface area is 217 Å². The molecule has 0 aliphatic carbocycles. The molecule has 37 heavy (non-hydrogen) atoms. The number of hydrogen-bond acceptors (Lipinski definition) is 5. The van der Waals surface area contributed by atoms with Crippen LogP contribution in [0.5, 0.6) is 11.5 Å². The standard InChI is InChI=1S/C32H30N2O3/c1-4-34(5-2)28-16-10-6-12-22(28)21-33(3)23-18-19-30-27(20-23)32(26-15-9-11-17-29(26)36-30)25-14-8-7-13-24(25)31(35)37-32/h6-20H,4-5,21H2,1-3H3. The zero-order valence-electron chi connectivity index (χ0n) is 21.4. The molecule has 6 rings (SSSR count). The molecule has 4 aromatic carbocycles. The Balaban J connectivity index is 1.46. The molecule has 0 amide bonds. The second kappa shape index (κ2) is 9.00. The van der Waals surface area contributed by atoms with Crippen LogP contribution in [0.3, 0.4) is 0 Å². The highest BCUT2D eigenvalue weighted by molar-refractivity contribution is 5.97. The molecule has 2 aliphatic heterocycles. The summed E-state index contributed by atoms with van der Waals surface area (Å²) >= 11 is 0. The molecule has 0 saturated carbocycles. The van der Waals surface area contributed by atoms with Gasteiger partial charge in [-0.25, -0.2) is 4.79 Å². The van der Waals surface area contributed by atoms with Crippen LogP contribution in [-0.2, 0) is 16.9 Å². The van der Waals surface area contributed by atoms with Crippen LogP contribution in [0.15, 0.2) is 91.0 Å².